The van der Waals surface area contributed by atoms with E-state index < -0.39 is 0 Å². The zero-order valence-electron chi connectivity index (χ0n) is 10.6. The third-order valence-electron chi connectivity index (χ3n) is 2.49. The number of aliphatic hydroxyl groups excluding tert-OH is 1. The molecule has 1 aromatic rings. The van der Waals surface area contributed by atoms with Crippen LogP contribution in [0.4, 0.5) is 0 Å². The highest BCUT2D eigenvalue weighted by molar-refractivity contribution is 7.11. The van der Waals surface area contributed by atoms with E-state index >= 15 is 0 Å². The number of aryl methyl sites for hydroxylation is 1. The molecule has 16 heavy (non-hydrogen) atoms. The number of aliphatic hydroxyl groups is 1. The minimum Gasteiger partial charge on any atom is -0.392 e. The van der Waals surface area contributed by atoms with Crippen LogP contribution in [0.2, 0.25) is 0 Å². The minimum atomic E-state index is -0.277. The van der Waals surface area contributed by atoms with Gasteiger partial charge in [-0.1, -0.05) is 6.92 Å². The third-order valence-corrected chi connectivity index (χ3v) is 3.62. The second-order valence-corrected chi connectivity index (χ2v) is 5.65. The molecule has 3 nitrogen and oxygen atoms in total. The highest BCUT2D eigenvalue weighted by atomic mass is 32.1. The van der Waals surface area contributed by atoms with E-state index in [1.54, 1.807) is 11.3 Å². The second kappa shape index (κ2) is 6.33. The number of rotatable bonds is 6. The summed E-state index contributed by atoms with van der Waals surface area (Å²) in [5, 5.41) is 10.6. The summed E-state index contributed by atoms with van der Waals surface area (Å²) >= 11 is 1.77. The maximum atomic E-state index is 9.45. The SMILES string of the molecule is CCc1ncc(CN(CC(C)O)C(C)C)s1. The van der Waals surface area contributed by atoms with Crippen LogP contribution in [-0.4, -0.2) is 33.7 Å². The lowest BCUT2D eigenvalue weighted by Gasteiger charge is -2.26. The van der Waals surface area contributed by atoms with E-state index in [1.165, 1.54) is 9.88 Å². The van der Waals surface area contributed by atoms with Gasteiger partial charge in [-0.25, -0.2) is 4.98 Å². The van der Waals surface area contributed by atoms with Crippen LogP contribution in [0.15, 0.2) is 6.20 Å². The number of hydrogen-bond acceptors (Lipinski definition) is 4. The first-order valence-electron chi connectivity index (χ1n) is 5.88. The average molecular weight is 242 g/mol. The maximum absolute atomic E-state index is 9.45. The number of thiazole rings is 1. The fourth-order valence-corrected chi connectivity index (χ4v) is 2.47. The standard InChI is InChI=1S/C12H22N2OS/c1-5-12-13-6-11(16-12)8-14(9(2)3)7-10(4)15/h6,9-10,15H,5,7-8H2,1-4H3. The van der Waals surface area contributed by atoms with E-state index in [0.29, 0.717) is 6.04 Å². The molecule has 0 aromatic carbocycles. The molecule has 0 aliphatic rings. The quantitative estimate of drug-likeness (QED) is 0.831. The molecule has 1 aromatic heterocycles. The van der Waals surface area contributed by atoms with Crippen molar-refractivity contribution in [3.8, 4) is 0 Å². The second-order valence-electron chi connectivity index (χ2n) is 4.45. The molecule has 1 unspecified atom stereocenters. The normalized spacial score (nSPS) is 13.7. The van der Waals surface area contributed by atoms with Crippen LogP contribution in [0.25, 0.3) is 0 Å². The molecule has 1 atom stereocenters. The lowest BCUT2D eigenvalue weighted by atomic mass is 10.2. The van der Waals surface area contributed by atoms with E-state index in [9.17, 15) is 5.11 Å². The fraction of sp³-hybridized carbons (Fsp3) is 0.750. The molecule has 92 valence electrons. The van der Waals surface area contributed by atoms with Crippen LogP contribution in [0.1, 0.15) is 37.6 Å². The first-order valence-corrected chi connectivity index (χ1v) is 6.70. The number of hydrogen-bond donors (Lipinski definition) is 1. The molecule has 1 N–H and O–H groups in total. The van der Waals surface area contributed by atoms with Gasteiger partial charge in [0.15, 0.2) is 0 Å². The summed E-state index contributed by atoms with van der Waals surface area (Å²) in [5.41, 5.74) is 0. The van der Waals surface area contributed by atoms with Gasteiger partial charge in [-0.15, -0.1) is 11.3 Å². The van der Waals surface area contributed by atoms with E-state index in [0.717, 1.165) is 19.5 Å². The maximum Gasteiger partial charge on any atom is 0.0925 e. The van der Waals surface area contributed by atoms with Gasteiger partial charge >= 0.3 is 0 Å². The van der Waals surface area contributed by atoms with E-state index in [2.05, 4.69) is 30.7 Å². The van der Waals surface area contributed by atoms with Gasteiger partial charge in [0, 0.05) is 30.2 Å². The molecule has 0 saturated carbocycles. The van der Waals surface area contributed by atoms with Crippen LogP contribution in [-0.2, 0) is 13.0 Å². The topological polar surface area (TPSA) is 36.4 Å². The molecule has 0 spiro atoms. The summed E-state index contributed by atoms with van der Waals surface area (Å²) in [6, 6.07) is 0.446. The van der Waals surface area contributed by atoms with Crippen molar-refractivity contribution >= 4 is 11.3 Å². The smallest absolute Gasteiger partial charge is 0.0925 e. The summed E-state index contributed by atoms with van der Waals surface area (Å²) in [4.78, 5) is 7.91. The number of aromatic nitrogens is 1. The molecular formula is C12H22N2OS. The van der Waals surface area contributed by atoms with Crippen molar-refractivity contribution in [1.82, 2.24) is 9.88 Å². The van der Waals surface area contributed by atoms with Crippen LogP contribution in [0, 0.1) is 0 Å². The zero-order valence-corrected chi connectivity index (χ0v) is 11.4. The molecule has 1 heterocycles. The lowest BCUT2D eigenvalue weighted by Crippen LogP contribution is -2.35. The molecule has 4 heteroatoms. The first kappa shape index (κ1) is 13.6. The summed E-state index contributed by atoms with van der Waals surface area (Å²) in [6.45, 7) is 9.88. The first-order chi connectivity index (χ1) is 7.52. The minimum absolute atomic E-state index is 0.277. The van der Waals surface area contributed by atoms with Crippen molar-refractivity contribution in [3.05, 3.63) is 16.1 Å². The van der Waals surface area contributed by atoms with Gasteiger partial charge in [0.2, 0.25) is 0 Å². The van der Waals surface area contributed by atoms with Gasteiger partial charge < -0.3 is 5.11 Å². The van der Waals surface area contributed by atoms with Crippen LogP contribution in [0.5, 0.6) is 0 Å². The predicted octanol–water partition coefficient (Wildman–Crippen LogP) is 2.30. The molecule has 0 saturated heterocycles. The molecule has 0 aliphatic heterocycles. The van der Waals surface area contributed by atoms with Crippen molar-refractivity contribution in [2.45, 2.75) is 52.8 Å². The largest absolute Gasteiger partial charge is 0.392 e. The Labute approximate surface area is 102 Å². The van der Waals surface area contributed by atoms with Gasteiger partial charge in [0.25, 0.3) is 0 Å². The monoisotopic (exact) mass is 242 g/mol. The fourth-order valence-electron chi connectivity index (χ4n) is 1.58. The highest BCUT2D eigenvalue weighted by Gasteiger charge is 2.13. The zero-order chi connectivity index (χ0) is 12.1. The summed E-state index contributed by atoms with van der Waals surface area (Å²) in [6.07, 6.45) is 2.69. The van der Waals surface area contributed by atoms with Gasteiger partial charge in [-0.05, 0) is 27.2 Å². The Hall–Kier alpha value is -0.450. The van der Waals surface area contributed by atoms with Crippen LogP contribution in [0.3, 0.4) is 0 Å². The Morgan fingerprint density at radius 2 is 2.12 bits per heavy atom. The Morgan fingerprint density at radius 3 is 2.56 bits per heavy atom. The Balaban J connectivity index is 2.60. The molecule has 0 amide bonds. The van der Waals surface area contributed by atoms with Gasteiger partial charge in [0.1, 0.15) is 0 Å². The highest BCUT2D eigenvalue weighted by Crippen LogP contribution is 2.17. The van der Waals surface area contributed by atoms with Crippen LogP contribution < -0.4 is 0 Å². The molecule has 0 radical (unpaired) electrons. The Kier molecular flexibility index (Phi) is 5.38. The summed E-state index contributed by atoms with van der Waals surface area (Å²) in [7, 11) is 0. The lowest BCUT2D eigenvalue weighted by molar-refractivity contribution is 0.103. The summed E-state index contributed by atoms with van der Waals surface area (Å²) < 4.78 is 0. The van der Waals surface area contributed by atoms with Crippen molar-refractivity contribution in [2.24, 2.45) is 0 Å². The molecule has 0 bridgehead atoms. The van der Waals surface area contributed by atoms with Crippen molar-refractivity contribution in [3.63, 3.8) is 0 Å². The van der Waals surface area contributed by atoms with Crippen LogP contribution >= 0.6 is 11.3 Å². The molecule has 0 fully saturated rings. The predicted molar refractivity (Wildman–Crippen MR) is 68.7 cm³/mol. The van der Waals surface area contributed by atoms with E-state index in [4.69, 9.17) is 0 Å². The van der Waals surface area contributed by atoms with Crippen molar-refractivity contribution < 1.29 is 5.11 Å². The van der Waals surface area contributed by atoms with Crippen molar-refractivity contribution in [1.29, 1.82) is 0 Å². The van der Waals surface area contributed by atoms with E-state index in [1.807, 2.05) is 13.1 Å². The number of nitrogens with zero attached hydrogens (tertiary/aromatic N) is 2. The average Bonchev–Trinajstić information content (AvgIpc) is 2.63. The van der Waals surface area contributed by atoms with Crippen molar-refractivity contribution in [2.75, 3.05) is 6.54 Å². The van der Waals surface area contributed by atoms with E-state index in [-0.39, 0.29) is 6.10 Å². The molecule has 1 rings (SSSR count). The Morgan fingerprint density at radius 1 is 1.44 bits per heavy atom. The Bertz CT molecular complexity index is 310. The molecular weight excluding hydrogens is 220 g/mol. The van der Waals surface area contributed by atoms with Gasteiger partial charge in [-0.3, -0.25) is 4.90 Å². The third kappa shape index (κ3) is 4.20. The molecule has 0 aliphatic carbocycles. The van der Waals surface area contributed by atoms with Gasteiger partial charge in [-0.2, -0.15) is 0 Å². The summed E-state index contributed by atoms with van der Waals surface area (Å²) in [5.74, 6) is 0. The van der Waals surface area contributed by atoms with Gasteiger partial charge in [0.05, 0.1) is 11.1 Å².